The molecule has 0 bridgehead atoms. The highest BCUT2D eigenvalue weighted by molar-refractivity contribution is 7.00. The summed E-state index contributed by atoms with van der Waals surface area (Å²) in [5.41, 5.74) is -0.403. The van der Waals surface area contributed by atoms with Crippen molar-refractivity contribution in [2.24, 2.45) is 0 Å². The summed E-state index contributed by atoms with van der Waals surface area (Å²) in [6, 6.07) is 2.96. The fourth-order valence-corrected chi connectivity index (χ4v) is 2.41. The smallest absolute Gasteiger partial charge is 0.253 e. The zero-order chi connectivity index (χ0) is 15.1. The summed E-state index contributed by atoms with van der Waals surface area (Å²) in [7, 11) is 0. The Morgan fingerprint density at radius 1 is 0.952 bits per heavy atom. The number of aromatic nitrogens is 3. The van der Waals surface area contributed by atoms with Gasteiger partial charge in [0.25, 0.3) is 11.9 Å². The highest BCUT2D eigenvalue weighted by Crippen LogP contribution is 2.34. The maximum atomic E-state index is 13.6. The lowest BCUT2D eigenvalue weighted by molar-refractivity contribution is 0.411. The number of pyridine rings is 1. The van der Waals surface area contributed by atoms with Crippen LogP contribution in [0.1, 0.15) is 0 Å². The molecular weight excluding hydrogens is 332 g/mol. The number of fused-ring (bicyclic) bond motifs is 1. The third kappa shape index (κ3) is 2.28. The molecule has 1 aromatic carbocycles. The van der Waals surface area contributed by atoms with Gasteiger partial charge in [-0.25, -0.2) is 0 Å². The fraction of sp³-hybridized carbons (Fsp3) is 0. The quantitative estimate of drug-likeness (QED) is 0.567. The zero-order valence-corrected chi connectivity index (χ0v) is 11.4. The van der Waals surface area contributed by atoms with Gasteiger partial charge in [-0.3, -0.25) is 0 Å². The Bertz CT molecular complexity index is 828. The van der Waals surface area contributed by atoms with Crippen molar-refractivity contribution in [3.8, 4) is 0 Å². The first-order valence-electron chi connectivity index (χ1n) is 5.37. The summed E-state index contributed by atoms with van der Waals surface area (Å²) < 4.78 is 61.2. The molecule has 3 rings (SSSR count). The van der Waals surface area contributed by atoms with Crippen molar-refractivity contribution in [3.63, 3.8) is 0 Å². The molecule has 2 aromatic heterocycles. The Morgan fingerprint density at radius 2 is 1.62 bits per heavy atom. The van der Waals surface area contributed by atoms with Gasteiger partial charge in [-0.15, -0.1) is 0 Å². The van der Waals surface area contributed by atoms with E-state index in [0.717, 1.165) is 11.7 Å². The second-order valence-corrected chi connectivity index (χ2v) is 4.81. The van der Waals surface area contributed by atoms with E-state index in [-0.39, 0.29) is 16.2 Å². The predicted molar refractivity (Wildman–Crippen MR) is 69.8 cm³/mol. The Labute approximate surface area is 123 Å². The SMILES string of the molecule is Fc1nc(F)c(F)c(Nc2c(Cl)ccc3nsnc23)c1F. The van der Waals surface area contributed by atoms with Gasteiger partial charge < -0.3 is 5.32 Å². The second kappa shape index (κ2) is 5.08. The highest BCUT2D eigenvalue weighted by Gasteiger charge is 2.22. The molecule has 0 atom stereocenters. The summed E-state index contributed by atoms with van der Waals surface area (Å²) in [6.45, 7) is 0. The molecule has 2 heterocycles. The molecule has 0 aliphatic rings. The van der Waals surface area contributed by atoms with Crippen LogP contribution in [0.3, 0.4) is 0 Å². The van der Waals surface area contributed by atoms with Crippen molar-refractivity contribution >= 4 is 45.7 Å². The van der Waals surface area contributed by atoms with Gasteiger partial charge in [-0.2, -0.15) is 31.3 Å². The molecule has 0 spiro atoms. The molecule has 10 heteroatoms. The molecule has 0 amide bonds. The highest BCUT2D eigenvalue weighted by atomic mass is 35.5. The minimum Gasteiger partial charge on any atom is -0.347 e. The van der Waals surface area contributed by atoms with Crippen molar-refractivity contribution in [1.82, 2.24) is 13.7 Å². The van der Waals surface area contributed by atoms with Crippen molar-refractivity contribution in [1.29, 1.82) is 0 Å². The third-order valence-electron chi connectivity index (χ3n) is 2.62. The van der Waals surface area contributed by atoms with E-state index in [2.05, 4.69) is 19.0 Å². The number of nitrogens with one attached hydrogen (secondary N) is 1. The molecule has 3 aromatic rings. The minimum atomic E-state index is -1.77. The monoisotopic (exact) mass is 334 g/mol. The van der Waals surface area contributed by atoms with Crippen LogP contribution in [0.5, 0.6) is 0 Å². The molecule has 0 radical (unpaired) electrons. The number of rotatable bonds is 2. The third-order valence-corrected chi connectivity index (χ3v) is 3.48. The largest absolute Gasteiger partial charge is 0.347 e. The van der Waals surface area contributed by atoms with Crippen LogP contribution in [-0.4, -0.2) is 13.7 Å². The molecule has 0 aliphatic heterocycles. The van der Waals surface area contributed by atoms with Crippen molar-refractivity contribution in [2.45, 2.75) is 0 Å². The van der Waals surface area contributed by atoms with E-state index in [1.165, 1.54) is 6.07 Å². The molecule has 0 aliphatic carbocycles. The van der Waals surface area contributed by atoms with Gasteiger partial charge >= 0.3 is 0 Å². The van der Waals surface area contributed by atoms with Gasteiger partial charge in [0.2, 0.25) is 11.6 Å². The number of anilines is 2. The first-order chi connectivity index (χ1) is 9.99. The molecule has 0 saturated carbocycles. The zero-order valence-electron chi connectivity index (χ0n) is 9.79. The molecular formula is C11H3ClF4N4S. The Hall–Kier alpha value is -2.00. The van der Waals surface area contributed by atoms with Crippen LogP contribution in [0.15, 0.2) is 12.1 Å². The van der Waals surface area contributed by atoms with E-state index in [4.69, 9.17) is 11.6 Å². The van der Waals surface area contributed by atoms with Gasteiger partial charge in [0.1, 0.15) is 16.7 Å². The van der Waals surface area contributed by atoms with E-state index in [0.29, 0.717) is 5.52 Å². The summed E-state index contributed by atoms with van der Waals surface area (Å²) in [5, 5.41) is 2.28. The lowest BCUT2D eigenvalue weighted by Crippen LogP contribution is -2.06. The van der Waals surface area contributed by atoms with E-state index in [9.17, 15) is 17.6 Å². The Kier molecular flexibility index (Phi) is 3.38. The molecule has 0 unspecified atom stereocenters. The van der Waals surface area contributed by atoms with Crippen LogP contribution in [0.2, 0.25) is 5.02 Å². The van der Waals surface area contributed by atoms with Crippen LogP contribution in [0.25, 0.3) is 11.0 Å². The van der Waals surface area contributed by atoms with Gasteiger partial charge in [0.15, 0.2) is 0 Å². The number of hydrogen-bond donors (Lipinski definition) is 1. The number of nitrogens with zero attached hydrogens (tertiary/aromatic N) is 3. The first-order valence-corrected chi connectivity index (χ1v) is 6.47. The van der Waals surface area contributed by atoms with Gasteiger partial charge in [-0.05, 0) is 12.1 Å². The topological polar surface area (TPSA) is 50.7 Å². The van der Waals surface area contributed by atoms with Crippen molar-refractivity contribution in [2.75, 3.05) is 5.32 Å². The molecule has 108 valence electrons. The Balaban J connectivity index is 2.20. The molecule has 0 saturated heterocycles. The van der Waals surface area contributed by atoms with E-state index >= 15 is 0 Å². The number of benzene rings is 1. The van der Waals surface area contributed by atoms with Crippen LogP contribution in [0, 0.1) is 23.5 Å². The molecule has 4 nitrogen and oxygen atoms in total. The first kappa shape index (κ1) is 14.0. The lowest BCUT2D eigenvalue weighted by Gasteiger charge is -2.11. The predicted octanol–water partition coefficient (Wildman–Crippen LogP) is 4.04. The van der Waals surface area contributed by atoms with Crippen LogP contribution < -0.4 is 5.32 Å². The maximum Gasteiger partial charge on any atom is 0.253 e. The summed E-state index contributed by atoms with van der Waals surface area (Å²) >= 11 is 6.77. The Morgan fingerprint density at radius 3 is 2.29 bits per heavy atom. The van der Waals surface area contributed by atoms with Crippen LogP contribution in [0.4, 0.5) is 28.9 Å². The summed E-state index contributed by atoms with van der Waals surface area (Å²) in [6.07, 6.45) is 0. The van der Waals surface area contributed by atoms with E-state index in [1.807, 2.05) is 0 Å². The molecule has 0 fully saturated rings. The number of hydrogen-bond acceptors (Lipinski definition) is 5. The minimum absolute atomic E-state index is 0.00860. The standard InChI is InChI=1S/C11H3ClF4N4S/c12-3-1-2-4-8(20-21-19-4)7(3)17-9-5(13)10(15)18-11(16)6(9)14/h1-2H,(H,17,18). The summed E-state index contributed by atoms with van der Waals surface area (Å²) in [4.78, 5) is 2.47. The molecule has 21 heavy (non-hydrogen) atoms. The fourth-order valence-electron chi connectivity index (χ4n) is 1.67. The van der Waals surface area contributed by atoms with Gasteiger partial charge in [0, 0.05) is 0 Å². The van der Waals surface area contributed by atoms with Gasteiger partial charge in [0.05, 0.1) is 22.4 Å². The molecule has 1 N–H and O–H groups in total. The van der Waals surface area contributed by atoms with E-state index in [1.54, 1.807) is 6.07 Å². The average Bonchev–Trinajstić information content (AvgIpc) is 2.92. The van der Waals surface area contributed by atoms with Crippen molar-refractivity contribution in [3.05, 3.63) is 40.7 Å². The second-order valence-electron chi connectivity index (χ2n) is 3.88. The van der Waals surface area contributed by atoms with Crippen LogP contribution >= 0.6 is 23.3 Å². The normalized spacial score (nSPS) is 11.1. The summed E-state index contributed by atoms with van der Waals surface area (Å²) in [5.74, 6) is -6.86. The lowest BCUT2D eigenvalue weighted by atomic mass is 10.2. The van der Waals surface area contributed by atoms with E-state index < -0.39 is 29.2 Å². The van der Waals surface area contributed by atoms with Gasteiger partial charge in [-0.1, -0.05) is 11.6 Å². The number of halogens is 5. The average molecular weight is 335 g/mol. The van der Waals surface area contributed by atoms with Crippen molar-refractivity contribution < 1.29 is 17.6 Å². The van der Waals surface area contributed by atoms with Crippen LogP contribution in [-0.2, 0) is 0 Å². The maximum absolute atomic E-state index is 13.6.